The third-order valence-corrected chi connectivity index (χ3v) is 7.64. The van der Waals surface area contributed by atoms with E-state index in [9.17, 15) is 13.2 Å². The molecule has 1 unspecified atom stereocenters. The Labute approximate surface area is 192 Å². The molecule has 1 saturated heterocycles. The van der Waals surface area contributed by atoms with Crippen LogP contribution in [0.25, 0.3) is 0 Å². The van der Waals surface area contributed by atoms with E-state index in [4.69, 9.17) is 21.1 Å². The van der Waals surface area contributed by atoms with E-state index in [0.717, 1.165) is 37.2 Å². The Morgan fingerprint density at radius 2 is 1.91 bits per heavy atom. The standard InChI is InChI=1S/C22H26ClN3O5S/c1-30-16-7-5-15(6-8-16)19(26-9-3-2-4-10-26)13-24-32(28,29)21-12-20-18(11-17(21)23)25-22(27)14-31-20/h5-8,11-12,19,24H,2-4,9-10,13-14H2,1H3,(H,25,27). The predicted octanol–water partition coefficient (Wildman–Crippen LogP) is 3.19. The summed E-state index contributed by atoms with van der Waals surface area (Å²) in [5.41, 5.74) is 1.37. The summed E-state index contributed by atoms with van der Waals surface area (Å²) in [6.07, 6.45) is 3.34. The molecule has 1 atom stereocenters. The number of rotatable bonds is 7. The molecule has 8 nitrogen and oxygen atoms in total. The Balaban J connectivity index is 1.57. The van der Waals surface area contributed by atoms with Crippen molar-refractivity contribution < 1.29 is 22.7 Å². The molecule has 0 spiro atoms. The zero-order valence-corrected chi connectivity index (χ0v) is 19.3. The van der Waals surface area contributed by atoms with Crippen LogP contribution >= 0.6 is 11.6 Å². The fourth-order valence-corrected chi connectivity index (χ4v) is 5.65. The fraction of sp³-hybridized carbons (Fsp3) is 0.409. The fourth-order valence-electron chi connectivity index (χ4n) is 4.07. The third-order valence-electron chi connectivity index (χ3n) is 5.76. The number of methoxy groups -OCH3 is 1. The van der Waals surface area contributed by atoms with Crippen LogP contribution in [0.1, 0.15) is 30.9 Å². The highest BCUT2D eigenvalue weighted by Gasteiger charge is 2.28. The number of likely N-dealkylation sites (tertiary alicyclic amines) is 1. The Morgan fingerprint density at radius 1 is 1.19 bits per heavy atom. The van der Waals surface area contributed by atoms with E-state index < -0.39 is 10.0 Å². The zero-order chi connectivity index (χ0) is 22.7. The quantitative estimate of drug-likeness (QED) is 0.633. The molecule has 0 bridgehead atoms. The van der Waals surface area contributed by atoms with E-state index >= 15 is 0 Å². The van der Waals surface area contributed by atoms with E-state index in [-0.39, 0.29) is 40.8 Å². The van der Waals surface area contributed by atoms with Gasteiger partial charge in [-0.3, -0.25) is 9.69 Å². The van der Waals surface area contributed by atoms with Crippen LogP contribution in [-0.4, -0.2) is 52.6 Å². The average Bonchev–Trinajstić information content (AvgIpc) is 2.79. The molecule has 0 aromatic heterocycles. The summed E-state index contributed by atoms with van der Waals surface area (Å²) in [5.74, 6) is 0.711. The second kappa shape index (κ2) is 9.66. The number of amides is 1. The number of benzene rings is 2. The summed E-state index contributed by atoms with van der Waals surface area (Å²) < 4.78 is 39.6. The van der Waals surface area contributed by atoms with Gasteiger partial charge in [0.15, 0.2) is 6.61 Å². The minimum absolute atomic E-state index is 0.0148. The van der Waals surface area contributed by atoms with Crippen molar-refractivity contribution in [1.29, 1.82) is 0 Å². The van der Waals surface area contributed by atoms with Crippen molar-refractivity contribution in [2.45, 2.75) is 30.2 Å². The van der Waals surface area contributed by atoms with Crippen molar-refractivity contribution >= 4 is 33.2 Å². The lowest BCUT2D eigenvalue weighted by atomic mass is 10.0. The second-order valence-corrected chi connectivity index (χ2v) is 10.00. The van der Waals surface area contributed by atoms with Crippen molar-refractivity contribution in [2.24, 2.45) is 0 Å². The second-order valence-electron chi connectivity index (χ2n) is 7.85. The largest absolute Gasteiger partial charge is 0.497 e. The van der Waals surface area contributed by atoms with Crippen LogP contribution in [0.3, 0.4) is 0 Å². The number of halogens is 1. The zero-order valence-electron chi connectivity index (χ0n) is 17.8. The van der Waals surface area contributed by atoms with Crippen molar-refractivity contribution in [3.63, 3.8) is 0 Å². The van der Waals surface area contributed by atoms with Gasteiger partial charge >= 0.3 is 0 Å². The number of carbonyl (C=O) groups is 1. The number of nitrogens with one attached hydrogen (secondary N) is 2. The highest BCUT2D eigenvalue weighted by atomic mass is 35.5. The first-order valence-corrected chi connectivity index (χ1v) is 12.4. The van der Waals surface area contributed by atoms with Crippen molar-refractivity contribution in [2.75, 3.05) is 38.7 Å². The third kappa shape index (κ3) is 5.01. The van der Waals surface area contributed by atoms with Gasteiger partial charge in [-0.15, -0.1) is 0 Å². The molecule has 2 aromatic rings. The van der Waals surface area contributed by atoms with Crippen LogP contribution in [0.4, 0.5) is 5.69 Å². The number of piperidine rings is 1. The van der Waals surface area contributed by atoms with E-state index in [1.54, 1.807) is 7.11 Å². The Morgan fingerprint density at radius 3 is 2.59 bits per heavy atom. The minimum Gasteiger partial charge on any atom is -0.497 e. The number of carbonyl (C=O) groups excluding carboxylic acids is 1. The molecule has 1 amide bonds. The number of ether oxygens (including phenoxy) is 2. The van der Waals surface area contributed by atoms with E-state index in [1.807, 2.05) is 24.3 Å². The van der Waals surface area contributed by atoms with Crippen LogP contribution in [-0.2, 0) is 14.8 Å². The molecule has 0 aliphatic carbocycles. The first-order valence-electron chi connectivity index (χ1n) is 10.5. The SMILES string of the molecule is COc1ccc(C(CNS(=O)(=O)c2cc3c(cc2Cl)NC(=O)CO3)N2CCCCC2)cc1. The van der Waals surface area contributed by atoms with Crippen LogP contribution < -0.4 is 19.5 Å². The monoisotopic (exact) mass is 479 g/mol. The summed E-state index contributed by atoms with van der Waals surface area (Å²) in [6.45, 7) is 1.84. The summed E-state index contributed by atoms with van der Waals surface area (Å²) in [4.78, 5) is 13.7. The van der Waals surface area contributed by atoms with Gasteiger partial charge in [0.1, 0.15) is 16.4 Å². The van der Waals surface area contributed by atoms with Gasteiger partial charge in [0.2, 0.25) is 10.0 Å². The summed E-state index contributed by atoms with van der Waals surface area (Å²) in [7, 11) is -2.30. The number of hydrogen-bond donors (Lipinski definition) is 2. The lowest BCUT2D eigenvalue weighted by Gasteiger charge is -2.35. The molecule has 32 heavy (non-hydrogen) atoms. The highest BCUT2D eigenvalue weighted by molar-refractivity contribution is 7.89. The van der Waals surface area contributed by atoms with Crippen LogP contribution in [0.15, 0.2) is 41.3 Å². The number of nitrogens with zero attached hydrogens (tertiary/aromatic N) is 1. The molecular formula is C22H26ClN3O5S. The maximum atomic E-state index is 13.1. The number of hydrogen-bond acceptors (Lipinski definition) is 6. The van der Waals surface area contributed by atoms with E-state index in [2.05, 4.69) is 14.9 Å². The van der Waals surface area contributed by atoms with Crippen molar-refractivity contribution in [3.8, 4) is 11.5 Å². The molecule has 2 aromatic carbocycles. The Kier molecular flexibility index (Phi) is 6.90. The molecule has 0 saturated carbocycles. The molecule has 1 fully saturated rings. The Bertz CT molecular complexity index is 1090. The smallest absolute Gasteiger partial charge is 0.262 e. The number of anilines is 1. The predicted molar refractivity (Wildman–Crippen MR) is 122 cm³/mol. The Hall–Kier alpha value is -2.33. The number of fused-ring (bicyclic) bond motifs is 1. The molecule has 2 N–H and O–H groups in total. The molecule has 2 heterocycles. The molecule has 172 valence electrons. The lowest BCUT2D eigenvalue weighted by molar-refractivity contribution is -0.118. The van der Waals surface area contributed by atoms with Crippen LogP contribution in [0, 0.1) is 0 Å². The van der Waals surface area contributed by atoms with Crippen LogP contribution in [0.5, 0.6) is 11.5 Å². The molecule has 4 rings (SSSR count). The normalized spacial score (nSPS) is 17.8. The van der Waals surface area contributed by atoms with Gasteiger partial charge in [-0.25, -0.2) is 13.1 Å². The molecule has 2 aliphatic rings. The molecule has 0 radical (unpaired) electrons. The first-order chi connectivity index (χ1) is 15.4. The van der Waals surface area contributed by atoms with E-state index in [1.165, 1.54) is 18.6 Å². The summed E-state index contributed by atoms with van der Waals surface area (Å²) in [5, 5.41) is 2.64. The number of sulfonamides is 1. The molecule has 10 heteroatoms. The summed E-state index contributed by atoms with van der Waals surface area (Å²) in [6, 6.07) is 10.3. The van der Waals surface area contributed by atoms with Crippen molar-refractivity contribution in [3.05, 3.63) is 47.0 Å². The van der Waals surface area contributed by atoms with Gasteiger partial charge in [0, 0.05) is 18.7 Å². The van der Waals surface area contributed by atoms with Gasteiger partial charge in [-0.2, -0.15) is 0 Å². The van der Waals surface area contributed by atoms with Gasteiger partial charge in [0.05, 0.1) is 17.8 Å². The van der Waals surface area contributed by atoms with E-state index in [0.29, 0.717) is 5.69 Å². The van der Waals surface area contributed by atoms with Gasteiger partial charge in [0.25, 0.3) is 5.91 Å². The maximum Gasteiger partial charge on any atom is 0.262 e. The van der Waals surface area contributed by atoms with Gasteiger partial charge in [-0.1, -0.05) is 30.2 Å². The van der Waals surface area contributed by atoms with Gasteiger partial charge in [-0.05, 0) is 49.7 Å². The minimum atomic E-state index is -3.92. The first kappa shape index (κ1) is 22.8. The summed E-state index contributed by atoms with van der Waals surface area (Å²) >= 11 is 6.26. The van der Waals surface area contributed by atoms with Crippen molar-refractivity contribution in [1.82, 2.24) is 9.62 Å². The van der Waals surface area contributed by atoms with Gasteiger partial charge < -0.3 is 14.8 Å². The topological polar surface area (TPSA) is 97.0 Å². The molecular weight excluding hydrogens is 454 g/mol. The lowest BCUT2D eigenvalue weighted by Crippen LogP contribution is -2.40. The average molecular weight is 480 g/mol. The van der Waals surface area contributed by atoms with Crippen LogP contribution in [0.2, 0.25) is 5.02 Å². The maximum absolute atomic E-state index is 13.1. The molecule has 2 aliphatic heterocycles. The highest BCUT2D eigenvalue weighted by Crippen LogP contribution is 2.36.